The van der Waals surface area contributed by atoms with Crippen LogP contribution in [0.25, 0.3) is 0 Å². The number of carbonyl (C=O) groups excluding carboxylic acids is 1. The first-order chi connectivity index (χ1) is 10.2. The van der Waals surface area contributed by atoms with E-state index in [4.69, 9.17) is 4.74 Å². The summed E-state index contributed by atoms with van der Waals surface area (Å²) < 4.78 is 7.22. The molecule has 0 atom stereocenters. The Kier molecular flexibility index (Phi) is 3.76. The van der Waals surface area contributed by atoms with Gasteiger partial charge in [-0.1, -0.05) is 5.21 Å². The smallest absolute Gasteiger partial charge is 0.316 e. The fraction of sp³-hybridized carbons (Fsp3) is 0.462. The number of aromatic nitrogens is 5. The molecule has 0 aromatic carbocycles. The van der Waals surface area contributed by atoms with Gasteiger partial charge in [-0.15, -0.1) is 5.10 Å². The topological polar surface area (TPSA) is 86.0 Å². The van der Waals surface area contributed by atoms with Crippen LogP contribution in [0.2, 0.25) is 0 Å². The van der Waals surface area contributed by atoms with Crippen molar-refractivity contribution in [1.29, 1.82) is 0 Å². The third-order valence-electron chi connectivity index (χ3n) is 3.37. The summed E-state index contributed by atoms with van der Waals surface area (Å²) in [6.07, 6.45) is 6.47. The molecule has 0 unspecified atom stereocenters. The van der Waals surface area contributed by atoms with Crippen molar-refractivity contribution < 1.29 is 9.53 Å². The van der Waals surface area contributed by atoms with Crippen molar-refractivity contribution in [1.82, 2.24) is 29.9 Å². The molecular formula is C13H16N6O2. The summed E-state index contributed by atoms with van der Waals surface area (Å²) in [6.45, 7) is 1.26. The van der Waals surface area contributed by atoms with E-state index in [-0.39, 0.29) is 12.0 Å². The SMILES string of the molecule is Cn1cc(C(=O)N2CCC(Oc3ncccn3)CC2)nn1. The number of likely N-dealkylation sites (tertiary alicyclic amines) is 1. The molecule has 8 nitrogen and oxygen atoms in total. The van der Waals surface area contributed by atoms with Gasteiger partial charge in [0.1, 0.15) is 6.10 Å². The van der Waals surface area contributed by atoms with E-state index in [1.165, 1.54) is 4.68 Å². The van der Waals surface area contributed by atoms with E-state index in [0.717, 1.165) is 12.8 Å². The Balaban J connectivity index is 1.54. The molecule has 3 heterocycles. The van der Waals surface area contributed by atoms with Crippen molar-refractivity contribution in [2.24, 2.45) is 7.05 Å². The second kappa shape index (κ2) is 5.86. The van der Waals surface area contributed by atoms with Crippen LogP contribution < -0.4 is 4.74 Å². The molecule has 1 fully saturated rings. The summed E-state index contributed by atoms with van der Waals surface area (Å²) in [6, 6.07) is 2.13. The van der Waals surface area contributed by atoms with Crippen LogP contribution in [0.1, 0.15) is 23.3 Å². The summed E-state index contributed by atoms with van der Waals surface area (Å²) in [7, 11) is 1.74. The van der Waals surface area contributed by atoms with Gasteiger partial charge in [0.25, 0.3) is 5.91 Å². The van der Waals surface area contributed by atoms with Crippen molar-refractivity contribution in [3.8, 4) is 6.01 Å². The first-order valence-electron chi connectivity index (χ1n) is 6.81. The zero-order chi connectivity index (χ0) is 14.7. The van der Waals surface area contributed by atoms with E-state index in [1.807, 2.05) is 0 Å². The summed E-state index contributed by atoms with van der Waals surface area (Å²) >= 11 is 0. The number of hydrogen-bond donors (Lipinski definition) is 0. The zero-order valence-electron chi connectivity index (χ0n) is 11.7. The van der Waals surface area contributed by atoms with Crippen molar-refractivity contribution in [3.05, 3.63) is 30.4 Å². The van der Waals surface area contributed by atoms with E-state index >= 15 is 0 Å². The Labute approximate surface area is 121 Å². The lowest BCUT2D eigenvalue weighted by Crippen LogP contribution is -2.42. The van der Waals surface area contributed by atoms with Crippen LogP contribution in [0.15, 0.2) is 24.7 Å². The predicted molar refractivity (Wildman–Crippen MR) is 72.6 cm³/mol. The maximum atomic E-state index is 12.2. The molecule has 1 aliphatic rings. The largest absolute Gasteiger partial charge is 0.460 e. The summed E-state index contributed by atoms with van der Waals surface area (Å²) in [4.78, 5) is 22.1. The maximum absolute atomic E-state index is 12.2. The van der Waals surface area contributed by atoms with Crippen molar-refractivity contribution in [2.45, 2.75) is 18.9 Å². The molecule has 0 saturated carbocycles. The Hall–Kier alpha value is -2.51. The number of hydrogen-bond acceptors (Lipinski definition) is 6. The normalized spacial score (nSPS) is 16.0. The number of carbonyl (C=O) groups is 1. The van der Waals surface area contributed by atoms with Gasteiger partial charge in [-0.05, 0) is 6.07 Å². The average molecular weight is 288 g/mol. The van der Waals surface area contributed by atoms with Gasteiger partial charge in [-0.25, -0.2) is 9.97 Å². The van der Waals surface area contributed by atoms with E-state index in [0.29, 0.717) is 24.8 Å². The van der Waals surface area contributed by atoms with Crippen LogP contribution in [-0.2, 0) is 7.05 Å². The monoisotopic (exact) mass is 288 g/mol. The minimum atomic E-state index is -0.0856. The minimum Gasteiger partial charge on any atom is -0.460 e. The first kappa shape index (κ1) is 13.5. The Morgan fingerprint density at radius 2 is 2.00 bits per heavy atom. The molecule has 110 valence electrons. The lowest BCUT2D eigenvalue weighted by atomic mass is 10.1. The van der Waals surface area contributed by atoms with Crippen LogP contribution in [0, 0.1) is 0 Å². The molecule has 0 aliphatic carbocycles. The molecule has 21 heavy (non-hydrogen) atoms. The Morgan fingerprint density at radius 1 is 1.29 bits per heavy atom. The number of nitrogens with zero attached hydrogens (tertiary/aromatic N) is 6. The van der Waals surface area contributed by atoms with E-state index in [1.54, 1.807) is 36.6 Å². The molecule has 0 bridgehead atoms. The Bertz CT molecular complexity index is 606. The number of piperidine rings is 1. The van der Waals surface area contributed by atoms with Gasteiger partial charge in [0, 0.05) is 45.4 Å². The second-order valence-electron chi connectivity index (χ2n) is 4.92. The van der Waals surface area contributed by atoms with Crippen LogP contribution >= 0.6 is 0 Å². The van der Waals surface area contributed by atoms with Crippen LogP contribution in [-0.4, -0.2) is 55.0 Å². The maximum Gasteiger partial charge on any atom is 0.316 e. The Morgan fingerprint density at radius 3 is 2.62 bits per heavy atom. The summed E-state index contributed by atoms with van der Waals surface area (Å²) in [5.41, 5.74) is 0.378. The van der Waals surface area contributed by atoms with Gasteiger partial charge in [-0.3, -0.25) is 9.48 Å². The summed E-state index contributed by atoms with van der Waals surface area (Å²) in [5.74, 6) is -0.0856. The molecule has 1 amide bonds. The standard InChI is InChI=1S/C13H16N6O2/c1-18-9-11(16-17-18)12(20)19-7-3-10(4-8-19)21-13-14-5-2-6-15-13/h2,5-6,9-10H,3-4,7-8H2,1H3. The predicted octanol–water partition coefficient (Wildman–Crippen LogP) is 0.289. The van der Waals surface area contributed by atoms with Crippen LogP contribution in [0.4, 0.5) is 0 Å². The van der Waals surface area contributed by atoms with Gasteiger partial charge < -0.3 is 9.64 Å². The molecule has 0 N–H and O–H groups in total. The van der Waals surface area contributed by atoms with Gasteiger partial charge >= 0.3 is 6.01 Å². The van der Waals surface area contributed by atoms with Gasteiger partial charge in [0.05, 0.1) is 6.20 Å². The quantitative estimate of drug-likeness (QED) is 0.807. The molecule has 1 aliphatic heterocycles. The number of aryl methyl sites for hydroxylation is 1. The highest BCUT2D eigenvalue weighted by molar-refractivity contribution is 5.91. The molecule has 3 rings (SSSR count). The van der Waals surface area contributed by atoms with Crippen molar-refractivity contribution in [3.63, 3.8) is 0 Å². The number of rotatable bonds is 3. The molecule has 2 aromatic rings. The molecule has 2 aromatic heterocycles. The van der Waals surface area contributed by atoms with Gasteiger partial charge in [0.15, 0.2) is 5.69 Å². The lowest BCUT2D eigenvalue weighted by molar-refractivity contribution is 0.0573. The van der Waals surface area contributed by atoms with Gasteiger partial charge in [0.2, 0.25) is 0 Å². The number of ether oxygens (including phenoxy) is 1. The van der Waals surface area contributed by atoms with E-state index < -0.39 is 0 Å². The minimum absolute atomic E-state index is 0.0401. The summed E-state index contributed by atoms with van der Waals surface area (Å²) in [5, 5.41) is 7.63. The molecule has 1 saturated heterocycles. The van der Waals surface area contributed by atoms with Crippen molar-refractivity contribution >= 4 is 5.91 Å². The van der Waals surface area contributed by atoms with Crippen LogP contribution in [0.5, 0.6) is 6.01 Å². The molecule has 0 radical (unpaired) electrons. The fourth-order valence-corrected chi connectivity index (χ4v) is 2.28. The molecule has 8 heteroatoms. The second-order valence-corrected chi connectivity index (χ2v) is 4.92. The third kappa shape index (κ3) is 3.15. The van der Waals surface area contributed by atoms with E-state index in [9.17, 15) is 4.79 Å². The molecular weight excluding hydrogens is 272 g/mol. The average Bonchev–Trinajstić information content (AvgIpc) is 2.95. The van der Waals surface area contributed by atoms with E-state index in [2.05, 4.69) is 20.3 Å². The van der Waals surface area contributed by atoms with Gasteiger partial charge in [-0.2, -0.15) is 0 Å². The molecule has 0 spiro atoms. The van der Waals surface area contributed by atoms with Crippen LogP contribution in [0.3, 0.4) is 0 Å². The van der Waals surface area contributed by atoms with Crippen molar-refractivity contribution in [2.75, 3.05) is 13.1 Å². The lowest BCUT2D eigenvalue weighted by Gasteiger charge is -2.31. The zero-order valence-corrected chi connectivity index (χ0v) is 11.7. The highest BCUT2D eigenvalue weighted by Gasteiger charge is 2.26. The first-order valence-corrected chi connectivity index (χ1v) is 6.81. The highest BCUT2D eigenvalue weighted by atomic mass is 16.5. The fourth-order valence-electron chi connectivity index (χ4n) is 2.28. The third-order valence-corrected chi connectivity index (χ3v) is 3.37. The highest BCUT2D eigenvalue weighted by Crippen LogP contribution is 2.16. The number of amides is 1.